The van der Waals surface area contributed by atoms with Crippen molar-refractivity contribution in [1.82, 2.24) is 10.3 Å². The van der Waals surface area contributed by atoms with Crippen molar-refractivity contribution in [2.45, 2.75) is 32.7 Å². The number of aromatic nitrogens is 1. The van der Waals surface area contributed by atoms with E-state index in [-0.39, 0.29) is 28.5 Å². The fourth-order valence-electron chi connectivity index (χ4n) is 3.19. The SMILES string of the molecule is CC(C)C(=O)NC1CCN(c2ccc([N+](=O)[O-])c3cccnc23)CC1. The van der Waals surface area contributed by atoms with E-state index in [0.29, 0.717) is 10.9 Å². The van der Waals surface area contributed by atoms with Gasteiger partial charge in [0.15, 0.2) is 0 Å². The van der Waals surface area contributed by atoms with Crippen LogP contribution in [0.15, 0.2) is 30.5 Å². The van der Waals surface area contributed by atoms with Crippen LogP contribution in [0.3, 0.4) is 0 Å². The van der Waals surface area contributed by atoms with Crippen LogP contribution in [0.25, 0.3) is 10.9 Å². The van der Waals surface area contributed by atoms with Crippen LogP contribution in [0.1, 0.15) is 26.7 Å². The zero-order valence-electron chi connectivity index (χ0n) is 14.4. The number of nitro groups is 1. The second-order valence-corrected chi connectivity index (χ2v) is 6.69. The second-order valence-electron chi connectivity index (χ2n) is 6.69. The molecule has 3 rings (SSSR count). The maximum Gasteiger partial charge on any atom is 0.278 e. The Balaban J connectivity index is 1.79. The molecule has 0 atom stereocenters. The second kappa shape index (κ2) is 7.04. The zero-order chi connectivity index (χ0) is 18.0. The van der Waals surface area contributed by atoms with E-state index >= 15 is 0 Å². The van der Waals surface area contributed by atoms with Crippen molar-refractivity contribution in [3.63, 3.8) is 0 Å². The fourth-order valence-corrected chi connectivity index (χ4v) is 3.19. The number of rotatable bonds is 4. The molecule has 1 aliphatic heterocycles. The van der Waals surface area contributed by atoms with Gasteiger partial charge in [0.2, 0.25) is 5.91 Å². The molecule has 1 amide bonds. The molecule has 0 unspecified atom stereocenters. The van der Waals surface area contributed by atoms with Gasteiger partial charge in [0, 0.05) is 37.3 Å². The van der Waals surface area contributed by atoms with Crippen molar-refractivity contribution in [1.29, 1.82) is 0 Å². The van der Waals surface area contributed by atoms with Gasteiger partial charge >= 0.3 is 0 Å². The van der Waals surface area contributed by atoms with Gasteiger partial charge in [-0.2, -0.15) is 0 Å². The van der Waals surface area contributed by atoms with Gasteiger partial charge in [0.1, 0.15) is 5.52 Å². The van der Waals surface area contributed by atoms with E-state index in [1.807, 2.05) is 13.8 Å². The number of carbonyl (C=O) groups excluding carboxylic acids is 1. The normalized spacial score (nSPS) is 15.6. The molecule has 0 bridgehead atoms. The summed E-state index contributed by atoms with van der Waals surface area (Å²) in [5.41, 5.74) is 1.64. The van der Waals surface area contributed by atoms with E-state index in [1.54, 1.807) is 30.5 Å². The number of non-ortho nitro benzene ring substituents is 1. The van der Waals surface area contributed by atoms with E-state index in [2.05, 4.69) is 15.2 Å². The van der Waals surface area contributed by atoms with Gasteiger partial charge in [0.05, 0.1) is 16.0 Å². The lowest BCUT2D eigenvalue weighted by Crippen LogP contribution is -2.45. The molecule has 0 radical (unpaired) electrons. The molecule has 1 N–H and O–H groups in total. The van der Waals surface area contributed by atoms with E-state index in [0.717, 1.165) is 31.6 Å². The minimum Gasteiger partial charge on any atom is -0.370 e. The molecule has 2 heterocycles. The summed E-state index contributed by atoms with van der Waals surface area (Å²) < 4.78 is 0. The predicted molar refractivity (Wildman–Crippen MR) is 96.6 cm³/mol. The number of nitrogens with zero attached hydrogens (tertiary/aromatic N) is 3. The van der Waals surface area contributed by atoms with Crippen LogP contribution in [0.5, 0.6) is 0 Å². The van der Waals surface area contributed by atoms with E-state index in [9.17, 15) is 14.9 Å². The van der Waals surface area contributed by atoms with Crippen molar-refractivity contribution >= 4 is 28.2 Å². The summed E-state index contributed by atoms with van der Waals surface area (Å²) in [7, 11) is 0. The molecular formula is C18H22N4O3. The van der Waals surface area contributed by atoms with Gasteiger partial charge in [-0.05, 0) is 31.0 Å². The van der Waals surface area contributed by atoms with Gasteiger partial charge < -0.3 is 10.2 Å². The molecule has 1 aromatic heterocycles. The summed E-state index contributed by atoms with van der Waals surface area (Å²) in [6.07, 6.45) is 3.36. The monoisotopic (exact) mass is 342 g/mol. The third-order valence-corrected chi connectivity index (χ3v) is 4.63. The third-order valence-electron chi connectivity index (χ3n) is 4.63. The average Bonchev–Trinajstić information content (AvgIpc) is 2.61. The van der Waals surface area contributed by atoms with E-state index < -0.39 is 0 Å². The Morgan fingerprint density at radius 2 is 2.04 bits per heavy atom. The van der Waals surface area contributed by atoms with Crippen LogP contribution in [-0.4, -0.2) is 34.9 Å². The molecule has 2 aromatic rings. The zero-order valence-corrected chi connectivity index (χ0v) is 14.4. The molecule has 1 fully saturated rings. The molecular weight excluding hydrogens is 320 g/mol. The summed E-state index contributed by atoms with van der Waals surface area (Å²) in [4.78, 5) is 29.3. The first-order valence-electron chi connectivity index (χ1n) is 8.55. The molecule has 132 valence electrons. The number of anilines is 1. The minimum absolute atomic E-state index is 0.0131. The lowest BCUT2D eigenvalue weighted by atomic mass is 10.0. The first-order chi connectivity index (χ1) is 12.0. The Kier molecular flexibility index (Phi) is 4.83. The highest BCUT2D eigenvalue weighted by atomic mass is 16.6. The maximum absolute atomic E-state index is 11.8. The highest BCUT2D eigenvalue weighted by Gasteiger charge is 2.24. The number of fused-ring (bicyclic) bond motifs is 1. The Hall–Kier alpha value is -2.70. The molecule has 0 spiro atoms. The number of pyridine rings is 1. The summed E-state index contributed by atoms with van der Waals surface area (Å²) in [6, 6.07) is 6.96. The number of amides is 1. The molecule has 0 saturated carbocycles. The number of hydrogen-bond acceptors (Lipinski definition) is 5. The molecule has 1 aliphatic rings. The maximum atomic E-state index is 11.8. The largest absolute Gasteiger partial charge is 0.370 e. The van der Waals surface area contributed by atoms with Crippen LogP contribution in [0.4, 0.5) is 11.4 Å². The summed E-state index contributed by atoms with van der Waals surface area (Å²) in [5.74, 6) is 0.0711. The predicted octanol–water partition coefficient (Wildman–Crippen LogP) is 2.88. The first-order valence-corrected chi connectivity index (χ1v) is 8.55. The molecule has 25 heavy (non-hydrogen) atoms. The third kappa shape index (κ3) is 3.55. The molecule has 0 aliphatic carbocycles. The van der Waals surface area contributed by atoms with E-state index in [4.69, 9.17) is 0 Å². The molecule has 1 aromatic carbocycles. The van der Waals surface area contributed by atoms with E-state index in [1.165, 1.54) is 0 Å². The average molecular weight is 342 g/mol. The van der Waals surface area contributed by atoms with Crippen LogP contribution in [0, 0.1) is 16.0 Å². The van der Waals surface area contributed by atoms with Crippen molar-refractivity contribution in [2.24, 2.45) is 5.92 Å². The number of nitrogens with one attached hydrogen (secondary N) is 1. The van der Waals surface area contributed by atoms with Crippen molar-refractivity contribution in [2.75, 3.05) is 18.0 Å². The quantitative estimate of drug-likeness (QED) is 0.682. The van der Waals surface area contributed by atoms with Gasteiger partial charge in [-0.15, -0.1) is 0 Å². The molecule has 7 heteroatoms. The van der Waals surface area contributed by atoms with Gasteiger partial charge in [-0.1, -0.05) is 13.8 Å². The van der Waals surface area contributed by atoms with Crippen LogP contribution < -0.4 is 10.2 Å². The minimum atomic E-state index is -0.374. The van der Waals surface area contributed by atoms with Gasteiger partial charge in [-0.3, -0.25) is 19.9 Å². The lowest BCUT2D eigenvalue weighted by Gasteiger charge is -2.34. The highest BCUT2D eigenvalue weighted by Crippen LogP contribution is 2.33. The first kappa shape index (κ1) is 17.1. The van der Waals surface area contributed by atoms with Gasteiger partial charge in [-0.25, -0.2) is 0 Å². The van der Waals surface area contributed by atoms with Crippen LogP contribution in [0.2, 0.25) is 0 Å². The topological polar surface area (TPSA) is 88.4 Å². The highest BCUT2D eigenvalue weighted by molar-refractivity contribution is 5.97. The molecule has 1 saturated heterocycles. The number of nitro benzene ring substituents is 1. The smallest absolute Gasteiger partial charge is 0.278 e. The number of benzene rings is 1. The summed E-state index contributed by atoms with van der Waals surface area (Å²) >= 11 is 0. The Labute approximate surface area is 146 Å². The Bertz CT molecular complexity index is 798. The Morgan fingerprint density at radius 3 is 2.68 bits per heavy atom. The molecule has 7 nitrogen and oxygen atoms in total. The number of piperidine rings is 1. The standard InChI is InChI=1S/C18H22N4O3/c1-12(2)18(23)20-13-7-10-21(11-8-13)16-6-5-15(22(24)25)14-4-3-9-19-17(14)16/h3-6,9,12-13H,7-8,10-11H2,1-2H3,(H,20,23). The Morgan fingerprint density at radius 1 is 1.32 bits per heavy atom. The summed E-state index contributed by atoms with van der Waals surface area (Å²) in [5, 5.41) is 14.9. The van der Waals surface area contributed by atoms with Crippen molar-refractivity contribution in [3.05, 3.63) is 40.6 Å². The number of carbonyl (C=O) groups is 1. The lowest BCUT2D eigenvalue weighted by molar-refractivity contribution is -0.383. The van der Waals surface area contributed by atoms with Crippen molar-refractivity contribution < 1.29 is 9.72 Å². The van der Waals surface area contributed by atoms with Gasteiger partial charge in [0.25, 0.3) is 5.69 Å². The van der Waals surface area contributed by atoms with Crippen LogP contribution >= 0.6 is 0 Å². The summed E-state index contributed by atoms with van der Waals surface area (Å²) in [6.45, 7) is 5.34. The number of hydrogen-bond donors (Lipinski definition) is 1. The van der Waals surface area contributed by atoms with Crippen LogP contribution in [-0.2, 0) is 4.79 Å². The fraction of sp³-hybridized carbons (Fsp3) is 0.444. The van der Waals surface area contributed by atoms with Crippen molar-refractivity contribution in [3.8, 4) is 0 Å².